The topological polar surface area (TPSA) is 32.3 Å². The van der Waals surface area contributed by atoms with Crippen LogP contribution in [0.5, 0.6) is 0 Å². The van der Waals surface area contributed by atoms with Crippen molar-refractivity contribution in [3.8, 4) is 0 Å². The Morgan fingerprint density at radius 3 is 2.93 bits per heavy atom. The molecule has 1 rings (SSSR count). The quantitative estimate of drug-likeness (QED) is 0.732. The van der Waals surface area contributed by atoms with Crippen molar-refractivity contribution in [2.24, 2.45) is 0 Å². The van der Waals surface area contributed by atoms with Gasteiger partial charge in [0.05, 0.1) is 0 Å². The van der Waals surface area contributed by atoms with Gasteiger partial charge in [-0.2, -0.15) is 0 Å². The Bertz CT molecular complexity index is 291. The first-order chi connectivity index (χ1) is 7.24. The average molecular weight is 228 g/mol. The van der Waals surface area contributed by atoms with Crippen LogP contribution in [-0.4, -0.2) is 24.8 Å². The van der Waals surface area contributed by atoms with E-state index in [-0.39, 0.29) is 6.61 Å². The molecular weight excluding hydrogens is 210 g/mol. The highest BCUT2D eigenvalue weighted by Gasteiger charge is 2.04. The first kappa shape index (κ1) is 12.5. The summed E-state index contributed by atoms with van der Waals surface area (Å²) < 4.78 is 0. The monoisotopic (exact) mass is 227 g/mol. The van der Waals surface area contributed by atoms with Crippen molar-refractivity contribution in [2.75, 3.05) is 19.7 Å². The van der Waals surface area contributed by atoms with Crippen LogP contribution < -0.4 is 5.32 Å². The summed E-state index contributed by atoms with van der Waals surface area (Å²) in [5.41, 5.74) is 1.25. The molecule has 2 nitrogen and oxygen atoms in total. The maximum atomic E-state index is 8.63. The Morgan fingerprint density at radius 2 is 2.27 bits per heavy atom. The van der Waals surface area contributed by atoms with Gasteiger partial charge in [0.2, 0.25) is 0 Å². The van der Waals surface area contributed by atoms with Crippen LogP contribution in [0.3, 0.4) is 0 Å². The fraction of sp³-hybridized carbons (Fsp3) is 0.500. The smallest absolute Gasteiger partial charge is 0.0443 e. The van der Waals surface area contributed by atoms with Crippen molar-refractivity contribution < 1.29 is 5.11 Å². The predicted octanol–water partition coefficient (Wildman–Crippen LogP) is 2.42. The molecule has 0 radical (unpaired) electrons. The summed E-state index contributed by atoms with van der Waals surface area (Å²) in [6.45, 7) is 4.19. The van der Waals surface area contributed by atoms with E-state index in [0.29, 0.717) is 5.92 Å². The Balaban J connectivity index is 2.36. The number of aliphatic hydroxyl groups is 1. The summed E-state index contributed by atoms with van der Waals surface area (Å²) in [5, 5.41) is 12.7. The van der Waals surface area contributed by atoms with Crippen molar-refractivity contribution in [2.45, 2.75) is 19.3 Å². The van der Waals surface area contributed by atoms with Crippen LogP contribution in [0.25, 0.3) is 0 Å². The molecule has 1 aromatic carbocycles. The molecule has 0 aromatic heterocycles. The van der Waals surface area contributed by atoms with E-state index < -0.39 is 0 Å². The number of aliphatic hydroxyl groups excluding tert-OH is 1. The highest BCUT2D eigenvalue weighted by atomic mass is 35.5. The summed E-state index contributed by atoms with van der Waals surface area (Å²) in [6, 6.07) is 7.95. The zero-order valence-corrected chi connectivity index (χ0v) is 9.80. The Kier molecular flexibility index (Phi) is 5.69. The van der Waals surface area contributed by atoms with Crippen LogP contribution in [0.1, 0.15) is 24.8 Å². The molecule has 1 atom stereocenters. The molecular formula is C12H18ClNO. The lowest BCUT2D eigenvalue weighted by Crippen LogP contribution is -2.21. The summed E-state index contributed by atoms with van der Waals surface area (Å²) in [4.78, 5) is 0. The molecule has 0 bridgehead atoms. The molecule has 0 aliphatic carbocycles. The lowest BCUT2D eigenvalue weighted by molar-refractivity contribution is 0.286. The van der Waals surface area contributed by atoms with Gasteiger partial charge in [-0.25, -0.2) is 0 Å². The average Bonchev–Trinajstić information content (AvgIpc) is 2.24. The zero-order chi connectivity index (χ0) is 11.1. The van der Waals surface area contributed by atoms with Gasteiger partial charge < -0.3 is 10.4 Å². The second kappa shape index (κ2) is 6.83. The third kappa shape index (κ3) is 4.65. The Morgan fingerprint density at radius 1 is 1.47 bits per heavy atom. The van der Waals surface area contributed by atoms with Crippen molar-refractivity contribution in [3.05, 3.63) is 34.9 Å². The molecule has 1 unspecified atom stereocenters. The van der Waals surface area contributed by atoms with Crippen molar-refractivity contribution >= 4 is 11.6 Å². The number of rotatable bonds is 6. The zero-order valence-electron chi connectivity index (χ0n) is 9.04. The predicted molar refractivity (Wildman–Crippen MR) is 64.4 cm³/mol. The molecule has 0 fully saturated rings. The number of hydrogen-bond acceptors (Lipinski definition) is 2. The first-order valence-corrected chi connectivity index (χ1v) is 5.69. The molecule has 84 valence electrons. The van der Waals surface area contributed by atoms with Crippen LogP contribution >= 0.6 is 11.6 Å². The van der Waals surface area contributed by atoms with Gasteiger partial charge in [-0.1, -0.05) is 30.7 Å². The van der Waals surface area contributed by atoms with Crippen molar-refractivity contribution in [1.29, 1.82) is 0 Å². The van der Waals surface area contributed by atoms with Crippen LogP contribution in [0, 0.1) is 0 Å². The third-order valence-electron chi connectivity index (χ3n) is 2.38. The van der Waals surface area contributed by atoms with E-state index in [1.54, 1.807) is 0 Å². The normalized spacial score (nSPS) is 12.7. The molecule has 0 spiro atoms. The first-order valence-electron chi connectivity index (χ1n) is 5.31. The van der Waals surface area contributed by atoms with E-state index in [1.165, 1.54) is 5.56 Å². The van der Waals surface area contributed by atoms with E-state index in [9.17, 15) is 0 Å². The number of hydrogen-bond donors (Lipinski definition) is 2. The minimum Gasteiger partial charge on any atom is -0.396 e. The van der Waals surface area contributed by atoms with Gasteiger partial charge in [0.15, 0.2) is 0 Å². The van der Waals surface area contributed by atoms with Gasteiger partial charge in [-0.15, -0.1) is 0 Å². The minimum atomic E-state index is 0.249. The molecule has 0 aliphatic rings. The van der Waals surface area contributed by atoms with Crippen LogP contribution in [0.15, 0.2) is 24.3 Å². The van der Waals surface area contributed by atoms with Crippen molar-refractivity contribution in [1.82, 2.24) is 5.32 Å². The van der Waals surface area contributed by atoms with Gasteiger partial charge in [-0.05, 0) is 36.6 Å². The summed E-state index contributed by atoms with van der Waals surface area (Å²) in [5.74, 6) is 0.447. The molecule has 3 heteroatoms. The molecule has 0 amide bonds. The lowest BCUT2D eigenvalue weighted by atomic mass is 10.0. The maximum Gasteiger partial charge on any atom is 0.0443 e. The number of benzene rings is 1. The van der Waals surface area contributed by atoms with E-state index >= 15 is 0 Å². The molecule has 0 heterocycles. The van der Waals surface area contributed by atoms with Gasteiger partial charge in [0, 0.05) is 18.2 Å². The second-order valence-corrected chi connectivity index (χ2v) is 4.17. The van der Waals surface area contributed by atoms with Gasteiger partial charge in [-0.3, -0.25) is 0 Å². The summed E-state index contributed by atoms with van der Waals surface area (Å²) in [6.07, 6.45) is 0.808. The Hall–Kier alpha value is -0.570. The highest BCUT2D eigenvalue weighted by Crippen LogP contribution is 2.18. The molecule has 1 aromatic rings. The van der Waals surface area contributed by atoms with E-state index in [4.69, 9.17) is 16.7 Å². The fourth-order valence-corrected chi connectivity index (χ4v) is 1.65. The van der Waals surface area contributed by atoms with Gasteiger partial charge >= 0.3 is 0 Å². The van der Waals surface area contributed by atoms with E-state index in [0.717, 1.165) is 24.5 Å². The lowest BCUT2D eigenvalue weighted by Gasteiger charge is -2.13. The minimum absolute atomic E-state index is 0.249. The highest BCUT2D eigenvalue weighted by molar-refractivity contribution is 6.30. The SMILES string of the molecule is CC(CNCCCO)c1cccc(Cl)c1. The van der Waals surface area contributed by atoms with E-state index in [2.05, 4.69) is 18.3 Å². The standard InChI is InChI=1S/C12H18ClNO/c1-10(9-14-6-3-7-15)11-4-2-5-12(13)8-11/h2,4-5,8,10,14-15H,3,6-7,9H2,1H3. The molecule has 2 N–H and O–H groups in total. The molecule has 0 saturated carbocycles. The van der Waals surface area contributed by atoms with Gasteiger partial charge in [0.1, 0.15) is 0 Å². The molecule has 0 saturated heterocycles. The van der Waals surface area contributed by atoms with Crippen LogP contribution in [0.2, 0.25) is 5.02 Å². The van der Waals surface area contributed by atoms with Crippen LogP contribution in [-0.2, 0) is 0 Å². The second-order valence-electron chi connectivity index (χ2n) is 3.74. The maximum absolute atomic E-state index is 8.63. The van der Waals surface area contributed by atoms with Crippen LogP contribution in [0.4, 0.5) is 0 Å². The summed E-state index contributed by atoms with van der Waals surface area (Å²) >= 11 is 5.92. The van der Waals surface area contributed by atoms with Crippen molar-refractivity contribution in [3.63, 3.8) is 0 Å². The van der Waals surface area contributed by atoms with Gasteiger partial charge in [0.25, 0.3) is 0 Å². The fourth-order valence-electron chi connectivity index (χ4n) is 1.45. The van der Waals surface area contributed by atoms with E-state index in [1.807, 2.05) is 18.2 Å². The summed E-state index contributed by atoms with van der Waals surface area (Å²) in [7, 11) is 0. The number of halogens is 1. The Labute approximate surface area is 96.3 Å². The largest absolute Gasteiger partial charge is 0.396 e. The number of nitrogens with one attached hydrogen (secondary N) is 1. The molecule has 15 heavy (non-hydrogen) atoms. The molecule has 0 aliphatic heterocycles. The third-order valence-corrected chi connectivity index (χ3v) is 2.61.